The molecule has 0 atom stereocenters. The number of carbonyl (C=O) groups is 2. The SMILES string of the molecule is CC(=O)Nc1cccc(NC(=O)c2csc(CCN)n2)c1C.Cl. The third kappa shape index (κ3) is 5.02. The van der Waals surface area contributed by atoms with Crippen LogP contribution in [0.4, 0.5) is 11.4 Å². The highest BCUT2D eigenvalue weighted by atomic mass is 35.5. The van der Waals surface area contributed by atoms with E-state index >= 15 is 0 Å². The number of rotatable bonds is 5. The van der Waals surface area contributed by atoms with Crippen molar-refractivity contribution in [3.63, 3.8) is 0 Å². The van der Waals surface area contributed by atoms with E-state index in [4.69, 9.17) is 5.73 Å². The fourth-order valence-corrected chi connectivity index (χ4v) is 2.73. The summed E-state index contributed by atoms with van der Waals surface area (Å²) in [5.41, 5.74) is 7.96. The van der Waals surface area contributed by atoms with E-state index in [0.29, 0.717) is 30.0 Å². The van der Waals surface area contributed by atoms with Gasteiger partial charge in [0.05, 0.1) is 5.01 Å². The third-order valence-electron chi connectivity index (χ3n) is 3.04. The number of hydrogen-bond acceptors (Lipinski definition) is 5. The van der Waals surface area contributed by atoms with Crippen LogP contribution in [-0.4, -0.2) is 23.3 Å². The molecule has 0 unspecified atom stereocenters. The van der Waals surface area contributed by atoms with Crippen LogP contribution in [0, 0.1) is 6.92 Å². The maximum Gasteiger partial charge on any atom is 0.275 e. The molecule has 1 heterocycles. The second-order valence-electron chi connectivity index (χ2n) is 4.78. The first-order valence-corrected chi connectivity index (χ1v) is 7.72. The van der Waals surface area contributed by atoms with Crippen LogP contribution in [0.5, 0.6) is 0 Å². The number of amides is 2. The molecule has 0 fully saturated rings. The van der Waals surface area contributed by atoms with Gasteiger partial charge in [-0.05, 0) is 31.2 Å². The van der Waals surface area contributed by atoms with E-state index in [-0.39, 0.29) is 24.2 Å². The van der Waals surface area contributed by atoms with Crippen LogP contribution >= 0.6 is 23.7 Å². The molecule has 0 spiro atoms. The lowest BCUT2D eigenvalue weighted by molar-refractivity contribution is -0.114. The van der Waals surface area contributed by atoms with Gasteiger partial charge in [-0.15, -0.1) is 23.7 Å². The zero-order valence-corrected chi connectivity index (χ0v) is 14.5. The summed E-state index contributed by atoms with van der Waals surface area (Å²) >= 11 is 1.42. The molecule has 0 saturated carbocycles. The minimum Gasteiger partial charge on any atom is -0.330 e. The summed E-state index contributed by atoms with van der Waals surface area (Å²) in [7, 11) is 0. The van der Waals surface area contributed by atoms with Gasteiger partial charge >= 0.3 is 0 Å². The van der Waals surface area contributed by atoms with Gasteiger partial charge in [0.25, 0.3) is 5.91 Å². The maximum atomic E-state index is 12.2. The summed E-state index contributed by atoms with van der Waals surface area (Å²) < 4.78 is 0. The van der Waals surface area contributed by atoms with Gasteiger partial charge in [-0.3, -0.25) is 9.59 Å². The molecule has 1 aromatic carbocycles. The smallest absolute Gasteiger partial charge is 0.275 e. The van der Waals surface area contributed by atoms with Crippen LogP contribution in [-0.2, 0) is 11.2 Å². The first-order chi connectivity index (χ1) is 10.5. The van der Waals surface area contributed by atoms with Crippen LogP contribution in [0.15, 0.2) is 23.6 Å². The topological polar surface area (TPSA) is 97.1 Å². The van der Waals surface area contributed by atoms with Crippen molar-refractivity contribution in [1.29, 1.82) is 0 Å². The number of anilines is 2. The van der Waals surface area contributed by atoms with E-state index in [2.05, 4.69) is 15.6 Å². The molecule has 124 valence electrons. The van der Waals surface area contributed by atoms with E-state index in [1.54, 1.807) is 23.6 Å². The van der Waals surface area contributed by atoms with Crippen LogP contribution in [0.1, 0.15) is 28.0 Å². The number of nitrogens with one attached hydrogen (secondary N) is 2. The molecule has 8 heteroatoms. The number of hydrogen-bond donors (Lipinski definition) is 3. The van der Waals surface area contributed by atoms with E-state index in [9.17, 15) is 9.59 Å². The van der Waals surface area contributed by atoms with Gasteiger partial charge in [0.2, 0.25) is 5.91 Å². The normalized spacial score (nSPS) is 9.87. The Kier molecular flexibility index (Phi) is 7.15. The number of benzene rings is 1. The van der Waals surface area contributed by atoms with Crippen molar-refractivity contribution >= 4 is 46.9 Å². The number of halogens is 1. The van der Waals surface area contributed by atoms with Crippen molar-refractivity contribution in [3.05, 3.63) is 39.8 Å². The summed E-state index contributed by atoms with van der Waals surface area (Å²) in [6.07, 6.45) is 0.662. The minimum absolute atomic E-state index is 0. The number of aromatic nitrogens is 1. The van der Waals surface area contributed by atoms with Crippen molar-refractivity contribution in [2.75, 3.05) is 17.2 Å². The third-order valence-corrected chi connectivity index (χ3v) is 3.94. The van der Waals surface area contributed by atoms with Gasteiger partial charge < -0.3 is 16.4 Å². The van der Waals surface area contributed by atoms with Gasteiger partial charge in [0, 0.05) is 30.1 Å². The lowest BCUT2D eigenvalue weighted by Crippen LogP contribution is -2.15. The summed E-state index contributed by atoms with van der Waals surface area (Å²) in [6.45, 7) is 3.78. The summed E-state index contributed by atoms with van der Waals surface area (Å²) in [6, 6.07) is 5.34. The van der Waals surface area contributed by atoms with Gasteiger partial charge in [0.1, 0.15) is 5.69 Å². The first-order valence-electron chi connectivity index (χ1n) is 6.84. The number of thiazole rings is 1. The van der Waals surface area contributed by atoms with E-state index in [1.807, 2.05) is 6.92 Å². The molecule has 0 bridgehead atoms. The predicted molar refractivity (Wildman–Crippen MR) is 95.6 cm³/mol. The van der Waals surface area contributed by atoms with Crippen LogP contribution in [0.2, 0.25) is 0 Å². The molecule has 6 nitrogen and oxygen atoms in total. The lowest BCUT2D eigenvalue weighted by atomic mass is 10.1. The fraction of sp³-hybridized carbons (Fsp3) is 0.267. The zero-order chi connectivity index (χ0) is 16.1. The average Bonchev–Trinajstić information content (AvgIpc) is 2.92. The van der Waals surface area contributed by atoms with Gasteiger partial charge in [-0.2, -0.15) is 0 Å². The Hall–Kier alpha value is -1.96. The average molecular weight is 355 g/mol. The molecule has 0 radical (unpaired) electrons. The molecular formula is C15H19ClN4O2S. The Morgan fingerprint density at radius 1 is 1.26 bits per heavy atom. The summed E-state index contributed by atoms with van der Waals surface area (Å²) in [5.74, 6) is -0.430. The number of nitrogens with two attached hydrogens (primary N) is 1. The lowest BCUT2D eigenvalue weighted by Gasteiger charge is -2.12. The van der Waals surface area contributed by atoms with Gasteiger partial charge in [0.15, 0.2) is 0 Å². The fourth-order valence-electron chi connectivity index (χ4n) is 1.94. The number of carbonyl (C=O) groups excluding carboxylic acids is 2. The molecule has 0 aliphatic heterocycles. The Labute approximate surface area is 144 Å². The van der Waals surface area contributed by atoms with Crippen molar-refractivity contribution in [2.45, 2.75) is 20.3 Å². The van der Waals surface area contributed by atoms with Crippen LogP contribution < -0.4 is 16.4 Å². The highest BCUT2D eigenvalue weighted by Gasteiger charge is 2.13. The molecule has 0 aliphatic carbocycles. The van der Waals surface area contributed by atoms with Crippen LogP contribution in [0.25, 0.3) is 0 Å². The number of nitrogens with zero attached hydrogens (tertiary/aromatic N) is 1. The Balaban J connectivity index is 0.00000264. The van der Waals surface area contributed by atoms with E-state index < -0.39 is 0 Å². The van der Waals surface area contributed by atoms with E-state index in [0.717, 1.165) is 10.6 Å². The molecule has 0 aliphatic rings. The van der Waals surface area contributed by atoms with Crippen molar-refractivity contribution < 1.29 is 9.59 Å². The zero-order valence-electron chi connectivity index (χ0n) is 12.9. The predicted octanol–water partition coefficient (Wildman–Crippen LogP) is 2.59. The second kappa shape index (κ2) is 8.61. The molecule has 4 N–H and O–H groups in total. The molecule has 0 saturated heterocycles. The Morgan fingerprint density at radius 2 is 1.91 bits per heavy atom. The standard InChI is InChI=1S/C15H18N4O2S.ClH/c1-9-11(17-10(2)20)4-3-5-12(9)19-15(21)13-8-22-14(18-13)6-7-16;/h3-5,8H,6-7,16H2,1-2H3,(H,17,20)(H,19,21);1H. The Bertz CT molecular complexity index is 703. The monoisotopic (exact) mass is 354 g/mol. The molecule has 23 heavy (non-hydrogen) atoms. The largest absolute Gasteiger partial charge is 0.330 e. The summed E-state index contributed by atoms with van der Waals surface area (Å²) in [4.78, 5) is 27.7. The Morgan fingerprint density at radius 3 is 2.52 bits per heavy atom. The maximum absolute atomic E-state index is 12.2. The van der Waals surface area contributed by atoms with Crippen molar-refractivity contribution in [3.8, 4) is 0 Å². The highest BCUT2D eigenvalue weighted by molar-refractivity contribution is 7.09. The molecular weight excluding hydrogens is 336 g/mol. The molecule has 1 aromatic heterocycles. The van der Waals surface area contributed by atoms with Crippen LogP contribution in [0.3, 0.4) is 0 Å². The second-order valence-corrected chi connectivity index (χ2v) is 5.72. The van der Waals surface area contributed by atoms with Gasteiger partial charge in [-0.1, -0.05) is 6.07 Å². The van der Waals surface area contributed by atoms with Crippen molar-refractivity contribution in [1.82, 2.24) is 4.98 Å². The quantitative estimate of drug-likeness (QED) is 0.768. The molecule has 2 aromatic rings. The molecule has 2 rings (SSSR count). The van der Waals surface area contributed by atoms with Crippen molar-refractivity contribution in [2.24, 2.45) is 5.73 Å². The summed E-state index contributed by atoms with van der Waals surface area (Å²) in [5, 5.41) is 8.11. The van der Waals surface area contributed by atoms with E-state index in [1.165, 1.54) is 18.3 Å². The highest BCUT2D eigenvalue weighted by Crippen LogP contribution is 2.24. The minimum atomic E-state index is -0.275. The molecule has 2 amide bonds. The first kappa shape index (κ1) is 19.1. The van der Waals surface area contributed by atoms with Gasteiger partial charge in [-0.25, -0.2) is 4.98 Å².